The molecule has 0 aromatic heterocycles. The van der Waals surface area contributed by atoms with E-state index in [1.165, 1.54) is 6.07 Å². The molecule has 0 spiro atoms. The Kier molecular flexibility index (Phi) is 6.53. The second kappa shape index (κ2) is 8.85. The third kappa shape index (κ3) is 4.76. The predicted molar refractivity (Wildman–Crippen MR) is 85.2 cm³/mol. The maximum absolute atomic E-state index is 13.8. The van der Waals surface area contributed by atoms with Crippen molar-refractivity contribution in [2.75, 3.05) is 26.4 Å². The van der Waals surface area contributed by atoms with E-state index in [9.17, 15) is 13.2 Å². The van der Waals surface area contributed by atoms with Crippen molar-refractivity contribution >= 4 is 0 Å². The normalized spacial score (nSPS) is 30.0. The summed E-state index contributed by atoms with van der Waals surface area (Å²) >= 11 is 0. The highest BCUT2D eigenvalue weighted by atomic mass is 19.3. The molecular weight excluding hydrogens is 353 g/mol. The van der Waals surface area contributed by atoms with E-state index in [1.54, 1.807) is 0 Å². The summed E-state index contributed by atoms with van der Waals surface area (Å²) in [7, 11) is 0. The van der Waals surface area contributed by atoms with E-state index in [2.05, 4.69) is 4.74 Å². The van der Waals surface area contributed by atoms with Gasteiger partial charge in [0.1, 0.15) is 0 Å². The van der Waals surface area contributed by atoms with Crippen LogP contribution in [0, 0.1) is 17.7 Å². The van der Waals surface area contributed by atoms with Crippen LogP contribution >= 0.6 is 0 Å². The molecule has 0 saturated carbocycles. The maximum Gasteiger partial charge on any atom is 0.387 e. The number of hydrogen-bond acceptors (Lipinski definition) is 5. The van der Waals surface area contributed by atoms with Crippen LogP contribution in [0.4, 0.5) is 13.2 Å². The van der Waals surface area contributed by atoms with Crippen LogP contribution in [-0.2, 0) is 18.9 Å². The second-order valence-electron chi connectivity index (χ2n) is 6.15. The van der Waals surface area contributed by atoms with Gasteiger partial charge in [0.25, 0.3) is 0 Å². The summed E-state index contributed by atoms with van der Waals surface area (Å²) in [5, 5.41) is 0. The van der Waals surface area contributed by atoms with Crippen molar-refractivity contribution in [3.8, 4) is 5.75 Å². The van der Waals surface area contributed by atoms with Gasteiger partial charge in [0.15, 0.2) is 24.1 Å². The topological polar surface area (TPSA) is 46.2 Å². The summed E-state index contributed by atoms with van der Waals surface area (Å²) in [6, 6.07) is 3.63. The number of benzene rings is 1. The summed E-state index contributed by atoms with van der Waals surface area (Å²) in [5.41, 5.74) is 0.390. The first-order valence-corrected chi connectivity index (χ1v) is 8.40. The first-order chi connectivity index (χ1) is 12.6. The van der Waals surface area contributed by atoms with Crippen molar-refractivity contribution in [3.63, 3.8) is 0 Å². The molecule has 0 N–H and O–H groups in total. The quantitative estimate of drug-likeness (QED) is 0.737. The standard InChI is InChI=1S/C18H21F3O5/c1-2-3-11-7-22-17(23-8-11)13-9-24-16(25-10-13)12-4-5-15(14(19)6-12)26-18(20)21/h2-6,11,13,16-18H,7-10H2,1H3/b3-2+/t11-,13-,16-,17-. The van der Waals surface area contributed by atoms with Crippen LogP contribution in [0.3, 0.4) is 0 Å². The van der Waals surface area contributed by atoms with Crippen LogP contribution in [0.15, 0.2) is 30.4 Å². The van der Waals surface area contributed by atoms with E-state index in [-0.39, 0.29) is 11.8 Å². The zero-order valence-corrected chi connectivity index (χ0v) is 14.3. The highest BCUT2D eigenvalue weighted by molar-refractivity contribution is 5.30. The molecular formula is C18H21F3O5. The fourth-order valence-corrected chi connectivity index (χ4v) is 2.91. The van der Waals surface area contributed by atoms with Crippen molar-refractivity contribution in [1.29, 1.82) is 0 Å². The Morgan fingerprint density at radius 2 is 1.77 bits per heavy atom. The molecule has 8 heteroatoms. The van der Waals surface area contributed by atoms with E-state index < -0.39 is 30.8 Å². The molecule has 0 atom stereocenters. The second-order valence-corrected chi connectivity index (χ2v) is 6.15. The van der Waals surface area contributed by atoms with Gasteiger partial charge in [-0.25, -0.2) is 4.39 Å². The average Bonchev–Trinajstić information content (AvgIpc) is 2.64. The molecule has 0 radical (unpaired) electrons. The molecule has 0 amide bonds. The van der Waals surface area contributed by atoms with Crippen LogP contribution < -0.4 is 4.74 Å². The fourth-order valence-electron chi connectivity index (χ4n) is 2.91. The van der Waals surface area contributed by atoms with Crippen molar-refractivity contribution in [2.45, 2.75) is 26.1 Å². The SMILES string of the molecule is C/C=C/[C@H]1CO[C@H]([C@H]2CO[C@H](c3ccc(OC(F)F)c(F)c3)OC2)OC1. The summed E-state index contributed by atoms with van der Waals surface area (Å²) in [4.78, 5) is 0. The minimum Gasteiger partial charge on any atom is -0.432 e. The molecule has 3 rings (SSSR count). The van der Waals surface area contributed by atoms with Crippen molar-refractivity contribution in [2.24, 2.45) is 11.8 Å². The largest absolute Gasteiger partial charge is 0.432 e. The van der Waals surface area contributed by atoms with Gasteiger partial charge >= 0.3 is 6.61 Å². The van der Waals surface area contributed by atoms with Crippen LogP contribution in [0.1, 0.15) is 18.8 Å². The Labute approximate surface area is 149 Å². The Morgan fingerprint density at radius 1 is 1.08 bits per heavy atom. The summed E-state index contributed by atoms with van der Waals surface area (Å²) in [6.45, 7) is 0.656. The zero-order chi connectivity index (χ0) is 18.5. The minimum atomic E-state index is -3.08. The molecule has 0 unspecified atom stereocenters. The molecule has 2 fully saturated rings. The van der Waals surface area contributed by atoms with Gasteiger partial charge in [0.05, 0.1) is 32.3 Å². The lowest BCUT2D eigenvalue weighted by molar-refractivity contribution is -0.280. The third-order valence-electron chi connectivity index (χ3n) is 4.17. The lowest BCUT2D eigenvalue weighted by Crippen LogP contribution is -2.42. The number of alkyl halides is 2. The molecule has 0 bridgehead atoms. The Morgan fingerprint density at radius 3 is 2.35 bits per heavy atom. The highest BCUT2D eigenvalue weighted by Gasteiger charge is 2.34. The molecule has 2 heterocycles. The first-order valence-electron chi connectivity index (χ1n) is 8.40. The third-order valence-corrected chi connectivity index (χ3v) is 4.17. The smallest absolute Gasteiger partial charge is 0.387 e. The van der Waals surface area contributed by atoms with E-state index >= 15 is 0 Å². The summed E-state index contributed by atoms with van der Waals surface area (Å²) < 4.78 is 64.9. The molecule has 2 aliphatic heterocycles. The van der Waals surface area contributed by atoms with Crippen LogP contribution in [0.5, 0.6) is 5.75 Å². The molecule has 144 valence electrons. The Bertz CT molecular complexity index is 609. The zero-order valence-electron chi connectivity index (χ0n) is 14.3. The van der Waals surface area contributed by atoms with Gasteiger partial charge in [-0.15, -0.1) is 0 Å². The molecule has 26 heavy (non-hydrogen) atoms. The van der Waals surface area contributed by atoms with Crippen molar-refractivity contribution in [3.05, 3.63) is 41.7 Å². The van der Waals surface area contributed by atoms with Gasteiger partial charge in [-0.2, -0.15) is 8.78 Å². The lowest BCUT2D eigenvalue weighted by Gasteiger charge is -2.37. The van der Waals surface area contributed by atoms with E-state index in [1.807, 2.05) is 19.1 Å². The monoisotopic (exact) mass is 374 g/mol. The van der Waals surface area contributed by atoms with Crippen LogP contribution in [0.25, 0.3) is 0 Å². The summed E-state index contributed by atoms with van der Waals surface area (Å²) in [6.07, 6.45) is 2.82. The maximum atomic E-state index is 13.8. The molecule has 2 saturated heterocycles. The van der Waals surface area contributed by atoms with Crippen LogP contribution in [0.2, 0.25) is 0 Å². The van der Waals surface area contributed by atoms with Gasteiger partial charge in [-0.1, -0.05) is 18.2 Å². The first kappa shape index (κ1) is 19.2. The number of allylic oxidation sites excluding steroid dienone is 1. The number of halogens is 3. The molecule has 5 nitrogen and oxygen atoms in total. The highest BCUT2D eigenvalue weighted by Crippen LogP contribution is 2.31. The molecule has 1 aromatic rings. The van der Waals surface area contributed by atoms with E-state index in [4.69, 9.17) is 18.9 Å². The van der Waals surface area contributed by atoms with Gasteiger partial charge < -0.3 is 23.7 Å². The van der Waals surface area contributed by atoms with E-state index in [0.717, 1.165) is 12.1 Å². The number of hydrogen-bond donors (Lipinski definition) is 0. The summed E-state index contributed by atoms with van der Waals surface area (Å²) in [5.74, 6) is -1.27. The van der Waals surface area contributed by atoms with Gasteiger partial charge in [0, 0.05) is 11.5 Å². The Hall–Kier alpha value is -1.61. The minimum absolute atomic E-state index is 0.0934. The molecule has 2 aliphatic rings. The fraction of sp³-hybridized carbons (Fsp3) is 0.556. The van der Waals surface area contributed by atoms with E-state index in [0.29, 0.717) is 32.0 Å². The number of ether oxygens (including phenoxy) is 5. The molecule has 0 aliphatic carbocycles. The Balaban J connectivity index is 1.52. The van der Waals surface area contributed by atoms with Gasteiger partial charge in [0.2, 0.25) is 0 Å². The lowest BCUT2D eigenvalue weighted by atomic mass is 10.1. The van der Waals surface area contributed by atoms with Gasteiger partial charge in [-0.05, 0) is 19.1 Å². The number of rotatable bonds is 5. The van der Waals surface area contributed by atoms with Crippen molar-refractivity contribution in [1.82, 2.24) is 0 Å². The average molecular weight is 374 g/mol. The molecule has 1 aromatic carbocycles. The van der Waals surface area contributed by atoms with Crippen LogP contribution in [-0.4, -0.2) is 39.3 Å². The van der Waals surface area contributed by atoms with Gasteiger partial charge in [-0.3, -0.25) is 0 Å². The van der Waals surface area contributed by atoms with Crippen molar-refractivity contribution < 1.29 is 36.9 Å². The predicted octanol–water partition coefficient (Wildman–Crippen LogP) is 3.65.